The summed E-state index contributed by atoms with van der Waals surface area (Å²) in [4.78, 5) is 0. The molecule has 0 amide bonds. The minimum absolute atomic E-state index is 0. The number of rotatable bonds is 2. The summed E-state index contributed by atoms with van der Waals surface area (Å²) < 4.78 is 0. The van der Waals surface area contributed by atoms with Crippen LogP contribution in [0.25, 0.3) is 97.7 Å². The topological polar surface area (TPSA) is 0 Å². The first-order chi connectivity index (χ1) is 20.9. The molecule has 43 heavy (non-hydrogen) atoms. The first-order valence-corrected chi connectivity index (χ1v) is 14.7. The molecule has 0 spiro atoms. The molecule has 0 unspecified atom stereocenters. The second-order valence-corrected chi connectivity index (χ2v) is 11.6. The summed E-state index contributed by atoms with van der Waals surface area (Å²) in [6.45, 7) is 0. The Bertz CT molecular complexity index is 2650. The van der Waals surface area contributed by atoms with Gasteiger partial charge in [-0.3, -0.25) is 4.70 Å². The van der Waals surface area contributed by atoms with Crippen LogP contribution >= 0.6 is 0 Å². The average Bonchev–Trinajstić information content (AvgIpc) is 3.56. The molecular weight excluding hydrogens is 523 g/mol. The van der Waals surface area contributed by atoms with E-state index < -0.39 is 0 Å². The van der Waals surface area contributed by atoms with Gasteiger partial charge in [-0.1, -0.05) is 140 Å². The number of fused-ring (bicyclic) bond motifs is 8. The van der Waals surface area contributed by atoms with E-state index in [1.807, 2.05) is 0 Å². The maximum atomic E-state index is 2.45. The van der Waals surface area contributed by atoms with Crippen molar-refractivity contribution in [1.82, 2.24) is 0 Å². The quantitative estimate of drug-likeness (QED) is 0.189. The molecule has 0 bridgehead atoms. The van der Waals surface area contributed by atoms with Crippen molar-refractivity contribution in [2.24, 2.45) is 0 Å². The number of hydrogen-bond donors (Lipinski definition) is 0. The SMILES string of the molecule is F.c1ccc(-c2c3c4cccc5cccc(c3c(-c3ccccc3)c3c6cc7ccccc7c7cccc(c23)c76)c54)cc1. The Kier molecular flexibility index (Phi) is 4.90. The van der Waals surface area contributed by atoms with Gasteiger partial charge in [-0.05, 0) is 104 Å². The molecule has 10 aromatic rings. The number of halogens is 1. The van der Waals surface area contributed by atoms with Crippen LogP contribution in [0.3, 0.4) is 0 Å². The molecule has 0 aliphatic heterocycles. The third-order valence-electron chi connectivity index (χ3n) is 9.49. The lowest BCUT2D eigenvalue weighted by Gasteiger charge is -2.15. The summed E-state index contributed by atoms with van der Waals surface area (Å²) in [7, 11) is 0. The molecule has 200 valence electrons. The van der Waals surface area contributed by atoms with E-state index in [1.165, 1.54) is 97.7 Å². The molecule has 0 fully saturated rings. The van der Waals surface area contributed by atoms with Gasteiger partial charge in [0.25, 0.3) is 0 Å². The predicted octanol–water partition coefficient (Wildman–Crippen LogP) is 12.1. The van der Waals surface area contributed by atoms with Crippen LogP contribution in [0.15, 0.2) is 146 Å². The second kappa shape index (κ2) is 8.74. The van der Waals surface area contributed by atoms with E-state index in [2.05, 4.69) is 146 Å². The van der Waals surface area contributed by atoms with Gasteiger partial charge in [0.05, 0.1) is 0 Å². The fourth-order valence-corrected chi connectivity index (χ4v) is 7.94. The van der Waals surface area contributed by atoms with Gasteiger partial charge >= 0.3 is 0 Å². The summed E-state index contributed by atoms with van der Waals surface area (Å²) in [5.74, 6) is 0. The van der Waals surface area contributed by atoms with Crippen LogP contribution in [-0.4, -0.2) is 0 Å². The van der Waals surface area contributed by atoms with Crippen molar-refractivity contribution in [3.05, 3.63) is 146 Å². The van der Waals surface area contributed by atoms with Crippen LogP contribution in [0, 0.1) is 0 Å². The molecule has 0 saturated carbocycles. The molecule has 0 heterocycles. The lowest BCUT2D eigenvalue weighted by molar-refractivity contribution is 1.11. The van der Waals surface area contributed by atoms with Gasteiger partial charge in [0, 0.05) is 0 Å². The largest absolute Gasteiger partial charge is 0.269 e. The van der Waals surface area contributed by atoms with Crippen LogP contribution in [0.5, 0.6) is 0 Å². The molecule has 10 aromatic carbocycles. The summed E-state index contributed by atoms with van der Waals surface area (Å²) >= 11 is 0. The number of hydrogen-bond acceptors (Lipinski definition) is 0. The van der Waals surface area contributed by atoms with Crippen LogP contribution in [-0.2, 0) is 0 Å². The van der Waals surface area contributed by atoms with Crippen molar-refractivity contribution in [1.29, 1.82) is 0 Å². The molecule has 0 aliphatic carbocycles. The Balaban J connectivity index is 0.00000260. The number of benzene rings is 8. The van der Waals surface area contributed by atoms with E-state index in [4.69, 9.17) is 0 Å². The van der Waals surface area contributed by atoms with Gasteiger partial charge in [0.2, 0.25) is 0 Å². The van der Waals surface area contributed by atoms with Gasteiger partial charge in [-0.2, -0.15) is 0 Å². The minimum atomic E-state index is 0. The lowest BCUT2D eigenvalue weighted by Crippen LogP contribution is -1.87. The van der Waals surface area contributed by atoms with Crippen LogP contribution < -0.4 is 0 Å². The highest BCUT2D eigenvalue weighted by Crippen LogP contribution is 2.55. The van der Waals surface area contributed by atoms with Crippen LogP contribution in [0.1, 0.15) is 0 Å². The average molecular weight is 549 g/mol. The maximum Gasteiger partial charge on any atom is -0.000696 e. The zero-order valence-corrected chi connectivity index (χ0v) is 23.3. The van der Waals surface area contributed by atoms with Gasteiger partial charge in [0.1, 0.15) is 0 Å². The van der Waals surface area contributed by atoms with Crippen LogP contribution in [0.2, 0.25) is 0 Å². The molecule has 0 radical (unpaired) electrons. The Hall–Kier alpha value is -5.53. The molecule has 10 rings (SSSR count). The summed E-state index contributed by atoms with van der Waals surface area (Å²) in [5, 5.41) is 18.8. The molecule has 0 aromatic heterocycles. The van der Waals surface area contributed by atoms with E-state index >= 15 is 0 Å². The highest BCUT2D eigenvalue weighted by atomic mass is 19.0. The van der Waals surface area contributed by atoms with Gasteiger partial charge < -0.3 is 0 Å². The summed E-state index contributed by atoms with van der Waals surface area (Å²) in [6, 6.07) is 54.0. The van der Waals surface area contributed by atoms with Crippen molar-refractivity contribution in [2.45, 2.75) is 0 Å². The van der Waals surface area contributed by atoms with E-state index in [0.29, 0.717) is 0 Å². The van der Waals surface area contributed by atoms with E-state index in [1.54, 1.807) is 0 Å². The predicted molar refractivity (Wildman–Crippen MR) is 185 cm³/mol. The highest BCUT2D eigenvalue weighted by molar-refractivity contribution is 6.47. The molecule has 0 N–H and O–H groups in total. The van der Waals surface area contributed by atoms with Crippen molar-refractivity contribution in [3.8, 4) is 22.3 Å². The van der Waals surface area contributed by atoms with Crippen molar-refractivity contribution >= 4 is 75.4 Å². The smallest absolute Gasteiger partial charge is 0.000696 e. The van der Waals surface area contributed by atoms with Gasteiger partial charge in [0.15, 0.2) is 0 Å². The van der Waals surface area contributed by atoms with Gasteiger partial charge in [-0.15, -0.1) is 0 Å². The summed E-state index contributed by atoms with van der Waals surface area (Å²) in [5.41, 5.74) is 5.22. The third-order valence-corrected chi connectivity index (χ3v) is 9.49. The molecule has 0 atom stereocenters. The van der Waals surface area contributed by atoms with E-state index in [0.717, 1.165) is 0 Å². The second-order valence-electron chi connectivity index (χ2n) is 11.6. The normalized spacial score (nSPS) is 12.0. The Morgan fingerprint density at radius 3 is 1.28 bits per heavy atom. The maximum absolute atomic E-state index is 2.45. The first-order valence-electron chi connectivity index (χ1n) is 14.7. The fourth-order valence-electron chi connectivity index (χ4n) is 7.94. The van der Waals surface area contributed by atoms with Crippen molar-refractivity contribution in [3.63, 3.8) is 0 Å². The summed E-state index contributed by atoms with van der Waals surface area (Å²) in [6.07, 6.45) is 0. The van der Waals surface area contributed by atoms with Crippen molar-refractivity contribution < 1.29 is 4.70 Å². The molecule has 0 aliphatic rings. The molecular formula is C42H25F. The highest BCUT2D eigenvalue weighted by Gasteiger charge is 2.27. The Labute approximate surface area is 247 Å². The zero-order valence-electron chi connectivity index (χ0n) is 23.3. The molecule has 1 heteroatoms. The van der Waals surface area contributed by atoms with E-state index in [9.17, 15) is 0 Å². The monoisotopic (exact) mass is 548 g/mol. The standard InChI is InChI=1S/C42H24.FH/c1-3-12-26(13-4-1)36-39-31-21-9-17-25-18-10-22-32(35(25)31)40(39)37(27-14-5-2-6-15-27)42-34-24-28-16-7-8-19-29(28)30-20-11-23-33(38(30)34)41(36)42;/h1-24H;1H. The Morgan fingerprint density at radius 2 is 0.674 bits per heavy atom. The zero-order chi connectivity index (χ0) is 27.4. The lowest BCUT2D eigenvalue weighted by atomic mass is 9.87. The van der Waals surface area contributed by atoms with E-state index in [-0.39, 0.29) is 4.70 Å². The first kappa shape index (κ1) is 24.1. The van der Waals surface area contributed by atoms with Crippen molar-refractivity contribution in [2.75, 3.05) is 0 Å². The third kappa shape index (κ3) is 3.04. The molecule has 0 nitrogen and oxygen atoms in total. The van der Waals surface area contributed by atoms with Crippen LogP contribution in [0.4, 0.5) is 4.70 Å². The minimum Gasteiger partial charge on any atom is -0.269 e. The molecule has 0 saturated heterocycles. The fraction of sp³-hybridized carbons (Fsp3) is 0. The Morgan fingerprint density at radius 1 is 0.256 bits per heavy atom. The van der Waals surface area contributed by atoms with Gasteiger partial charge in [-0.25, -0.2) is 0 Å².